The van der Waals surface area contributed by atoms with E-state index in [9.17, 15) is 0 Å². The molecule has 0 radical (unpaired) electrons. The summed E-state index contributed by atoms with van der Waals surface area (Å²) in [5.74, 6) is 0. The molecule has 7 aromatic carbocycles. The molecular weight excluding hydrogens is 609 g/mol. The van der Waals surface area contributed by atoms with Gasteiger partial charge in [0.2, 0.25) is 0 Å². The van der Waals surface area contributed by atoms with Gasteiger partial charge in [-0.05, 0) is 71.8 Å². The minimum atomic E-state index is 0.824. The maximum absolute atomic E-state index is 6.55. The van der Waals surface area contributed by atoms with Gasteiger partial charge < -0.3 is 13.7 Å². The van der Waals surface area contributed by atoms with E-state index in [0.29, 0.717) is 0 Å². The molecule has 3 aromatic heterocycles. The number of aromatic nitrogens is 1. The molecule has 0 N–H and O–H groups in total. The summed E-state index contributed by atoms with van der Waals surface area (Å²) in [6, 6.07) is 54.9. The van der Waals surface area contributed by atoms with Crippen molar-refractivity contribution in [2.45, 2.75) is 0 Å². The minimum absolute atomic E-state index is 0.824. The number of nitrogens with zero attached hydrogens (tertiary/aromatic N) is 2. The van der Waals surface area contributed by atoms with Crippen molar-refractivity contribution in [3.05, 3.63) is 158 Å². The van der Waals surface area contributed by atoms with Crippen molar-refractivity contribution in [1.29, 1.82) is 0 Å². The monoisotopic (exact) mass is 634 g/mol. The Balaban J connectivity index is 1.14. The predicted octanol–water partition coefficient (Wildman–Crippen LogP) is 12.9. The molecule has 0 amide bonds. The van der Waals surface area contributed by atoms with Crippen molar-refractivity contribution in [3.63, 3.8) is 0 Å². The van der Waals surface area contributed by atoms with E-state index in [1.54, 1.807) is 11.3 Å². The minimum Gasteiger partial charge on any atom is -0.456 e. The summed E-state index contributed by atoms with van der Waals surface area (Å²) < 4.78 is 13.9. The number of hydrogen-bond donors (Lipinski definition) is 0. The molecule has 10 rings (SSSR count). The van der Waals surface area contributed by atoms with Gasteiger partial charge in [-0.25, -0.2) is 4.98 Å². The Kier molecular flexibility index (Phi) is 6.01. The third-order valence-corrected chi connectivity index (χ3v) is 10.2. The van der Waals surface area contributed by atoms with Gasteiger partial charge >= 0.3 is 0 Å². The maximum atomic E-state index is 6.55. The molecule has 0 spiro atoms. The first-order valence-corrected chi connectivity index (χ1v) is 16.8. The van der Waals surface area contributed by atoms with E-state index in [1.807, 2.05) is 24.3 Å². The van der Waals surface area contributed by atoms with Crippen LogP contribution in [0, 0.1) is 0 Å². The number of anilines is 3. The van der Waals surface area contributed by atoms with Gasteiger partial charge in [-0.15, -0.1) is 11.3 Å². The topological polar surface area (TPSA) is 42.4 Å². The molecule has 0 fully saturated rings. The molecular formula is C43H26N2O2S. The van der Waals surface area contributed by atoms with Crippen molar-refractivity contribution in [1.82, 2.24) is 4.98 Å². The van der Waals surface area contributed by atoms with Crippen molar-refractivity contribution >= 4 is 82.5 Å². The highest BCUT2D eigenvalue weighted by Crippen LogP contribution is 2.43. The second kappa shape index (κ2) is 10.7. The van der Waals surface area contributed by atoms with Crippen LogP contribution < -0.4 is 4.90 Å². The zero-order chi connectivity index (χ0) is 31.6. The highest BCUT2D eigenvalue weighted by atomic mass is 32.1. The molecule has 48 heavy (non-hydrogen) atoms. The fourth-order valence-electron chi connectivity index (χ4n) is 6.82. The highest BCUT2D eigenvalue weighted by molar-refractivity contribution is 7.21. The van der Waals surface area contributed by atoms with E-state index >= 15 is 0 Å². The first kappa shape index (κ1) is 27.0. The second-order valence-electron chi connectivity index (χ2n) is 12.0. The number of para-hydroxylation sites is 1. The van der Waals surface area contributed by atoms with Crippen LogP contribution in [-0.2, 0) is 0 Å². The van der Waals surface area contributed by atoms with Gasteiger partial charge in [-0.1, -0.05) is 91.0 Å². The second-order valence-corrected chi connectivity index (χ2v) is 13.0. The van der Waals surface area contributed by atoms with E-state index in [1.165, 1.54) is 11.1 Å². The summed E-state index contributed by atoms with van der Waals surface area (Å²) in [4.78, 5) is 7.39. The van der Waals surface area contributed by atoms with Gasteiger partial charge in [-0.2, -0.15) is 0 Å². The Morgan fingerprint density at radius 1 is 0.438 bits per heavy atom. The van der Waals surface area contributed by atoms with Crippen LogP contribution in [0.5, 0.6) is 0 Å². The molecule has 0 bridgehead atoms. The van der Waals surface area contributed by atoms with Crippen LogP contribution in [0.3, 0.4) is 0 Å². The first-order valence-electron chi connectivity index (χ1n) is 15.9. The smallest absolute Gasteiger partial charge is 0.137 e. The maximum Gasteiger partial charge on any atom is 0.137 e. The molecule has 0 saturated heterocycles. The van der Waals surface area contributed by atoms with Crippen LogP contribution in [-0.4, -0.2) is 4.98 Å². The van der Waals surface area contributed by atoms with Gasteiger partial charge in [0.05, 0.1) is 15.6 Å². The molecule has 10 aromatic rings. The molecule has 0 atom stereocenters. The van der Waals surface area contributed by atoms with E-state index in [2.05, 4.69) is 138 Å². The molecule has 0 saturated carbocycles. The third kappa shape index (κ3) is 4.33. The lowest BCUT2D eigenvalue weighted by Gasteiger charge is -2.25. The lowest BCUT2D eigenvalue weighted by atomic mass is 10.0. The average molecular weight is 635 g/mol. The largest absolute Gasteiger partial charge is 0.456 e. The van der Waals surface area contributed by atoms with Crippen molar-refractivity contribution in [2.75, 3.05) is 4.90 Å². The zero-order valence-corrected chi connectivity index (χ0v) is 26.4. The summed E-state index contributed by atoms with van der Waals surface area (Å²) in [5, 5.41) is 5.30. The Morgan fingerprint density at radius 3 is 1.90 bits per heavy atom. The van der Waals surface area contributed by atoms with Crippen LogP contribution in [0.15, 0.2) is 167 Å². The Labute approximate surface area is 279 Å². The number of fused-ring (bicyclic) bond motifs is 8. The SMILES string of the molecule is c1ccc(-c2ccc(N(c3ccc4c(c3)oc3ccc5sc(-c6ccccc6)nc5c34)c3ccc4oc5ccccc5c4c3)cc2)cc1. The molecule has 4 nitrogen and oxygen atoms in total. The zero-order valence-electron chi connectivity index (χ0n) is 25.6. The van der Waals surface area contributed by atoms with Gasteiger partial charge in [0.15, 0.2) is 0 Å². The number of rotatable bonds is 5. The van der Waals surface area contributed by atoms with E-state index in [4.69, 9.17) is 13.8 Å². The lowest BCUT2D eigenvalue weighted by molar-refractivity contribution is 0.668. The van der Waals surface area contributed by atoms with E-state index in [-0.39, 0.29) is 0 Å². The first-order chi connectivity index (χ1) is 23.8. The van der Waals surface area contributed by atoms with Crippen LogP contribution in [0.25, 0.3) is 75.8 Å². The quantitative estimate of drug-likeness (QED) is 0.189. The lowest BCUT2D eigenvalue weighted by Crippen LogP contribution is -2.09. The van der Waals surface area contributed by atoms with Crippen LogP contribution >= 0.6 is 11.3 Å². The molecule has 0 aliphatic heterocycles. The third-order valence-electron chi connectivity index (χ3n) is 9.11. The predicted molar refractivity (Wildman–Crippen MR) is 200 cm³/mol. The van der Waals surface area contributed by atoms with E-state index in [0.717, 1.165) is 81.7 Å². The summed E-state index contributed by atoms with van der Waals surface area (Å²) in [5.41, 5.74) is 11.0. The van der Waals surface area contributed by atoms with Crippen LogP contribution in [0.1, 0.15) is 0 Å². The summed E-state index contributed by atoms with van der Waals surface area (Å²) in [7, 11) is 0. The number of furan rings is 2. The Morgan fingerprint density at radius 2 is 1.06 bits per heavy atom. The number of thiazole rings is 1. The molecule has 0 unspecified atom stereocenters. The van der Waals surface area contributed by atoms with Crippen LogP contribution in [0.2, 0.25) is 0 Å². The number of hydrogen-bond acceptors (Lipinski definition) is 5. The Hall–Kier alpha value is -6.17. The van der Waals surface area contributed by atoms with Gasteiger partial charge in [0, 0.05) is 44.9 Å². The fourth-order valence-corrected chi connectivity index (χ4v) is 7.80. The molecule has 5 heteroatoms. The summed E-state index contributed by atoms with van der Waals surface area (Å²) >= 11 is 1.71. The molecule has 3 heterocycles. The highest BCUT2D eigenvalue weighted by Gasteiger charge is 2.20. The van der Waals surface area contributed by atoms with Crippen molar-refractivity contribution in [2.24, 2.45) is 0 Å². The molecule has 0 aliphatic carbocycles. The molecule has 226 valence electrons. The van der Waals surface area contributed by atoms with E-state index < -0.39 is 0 Å². The Bertz CT molecular complexity index is 2780. The number of benzene rings is 7. The van der Waals surface area contributed by atoms with Crippen LogP contribution in [0.4, 0.5) is 17.1 Å². The fraction of sp³-hybridized carbons (Fsp3) is 0. The summed E-state index contributed by atoms with van der Waals surface area (Å²) in [6.07, 6.45) is 0. The van der Waals surface area contributed by atoms with Gasteiger partial charge in [-0.3, -0.25) is 0 Å². The summed E-state index contributed by atoms with van der Waals surface area (Å²) in [6.45, 7) is 0. The van der Waals surface area contributed by atoms with Crippen molar-refractivity contribution in [3.8, 4) is 21.7 Å². The molecule has 0 aliphatic rings. The van der Waals surface area contributed by atoms with Crippen molar-refractivity contribution < 1.29 is 8.83 Å². The standard InChI is InChI=1S/C43H26N2O2S/c1-3-9-27(10-4-1)28-15-17-30(18-16-28)45(31-20-22-37-35(25-31)33-13-7-8-14-36(33)46-37)32-19-21-34-39(26-32)47-38-23-24-40-42(41(34)38)44-43(48-40)29-11-5-2-6-12-29/h1-26H. The normalized spacial score (nSPS) is 11.8. The van der Waals surface area contributed by atoms with Gasteiger partial charge in [0.25, 0.3) is 0 Å². The van der Waals surface area contributed by atoms with Gasteiger partial charge in [0.1, 0.15) is 27.3 Å². The average Bonchev–Trinajstić information content (AvgIpc) is 3.86.